The van der Waals surface area contributed by atoms with E-state index in [-0.39, 0.29) is 5.97 Å². The van der Waals surface area contributed by atoms with Crippen molar-refractivity contribution in [1.29, 1.82) is 0 Å². The van der Waals surface area contributed by atoms with Crippen molar-refractivity contribution >= 4 is 5.97 Å². The third-order valence-electron chi connectivity index (χ3n) is 3.09. The summed E-state index contributed by atoms with van der Waals surface area (Å²) in [6.45, 7) is 11.8. The summed E-state index contributed by atoms with van der Waals surface area (Å²) in [5, 5.41) is 0. The first-order valence-electron chi connectivity index (χ1n) is 6.97. The lowest BCUT2D eigenvalue weighted by atomic mass is 10.1. The van der Waals surface area contributed by atoms with E-state index < -0.39 is 0 Å². The standard InChI is InChI=1S/C15H29NO2/c1-7-8-9-14(15(17)18-6)10-11-16(12(2)3)13(4)5/h9,12-13H,7-8,10-11H2,1-6H3. The van der Waals surface area contributed by atoms with E-state index in [0.717, 1.165) is 31.4 Å². The second-order valence-electron chi connectivity index (χ2n) is 5.18. The zero-order valence-electron chi connectivity index (χ0n) is 12.8. The number of nitrogens with zero attached hydrogens (tertiary/aromatic N) is 1. The van der Waals surface area contributed by atoms with Crippen LogP contribution in [-0.4, -0.2) is 36.6 Å². The van der Waals surface area contributed by atoms with E-state index in [1.807, 2.05) is 6.08 Å². The molecular weight excluding hydrogens is 226 g/mol. The summed E-state index contributed by atoms with van der Waals surface area (Å²) in [5.74, 6) is -0.184. The summed E-state index contributed by atoms with van der Waals surface area (Å²) >= 11 is 0. The van der Waals surface area contributed by atoms with E-state index in [2.05, 4.69) is 39.5 Å². The van der Waals surface area contributed by atoms with Crippen molar-refractivity contribution in [3.63, 3.8) is 0 Å². The molecule has 106 valence electrons. The lowest BCUT2D eigenvalue weighted by Crippen LogP contribution is -2.38. The molecule has 0 radical (unpaired) electrons. The Balaban J connectivity index is 4.54. The minimum Gasteiger partial charge on any atom is -0.466 e. The monoisotopic (exact) mass is 255 g/mol. The summed E-state index contributed by atoms with van der Waals surface area (Å²) in [6.07, 6.45) is 4.78. The average molecular weight is 255 g/mol. The summed E-state index contributed by atoms with van der Waals surface area (Å²) in [6, 6.07) is 0.991. The molecule has 0 unspecified atom stereocenters. The van der Waals surface area contributed by atoms with E-state index in [0.29, 0.717) is 12.1 Å². The molecule has 0 aliphatic carbocycles. The molecule has 0 heterocycles. The number of allylic oxidation sites excluding steroid dienone is 1. The number of carbonyl (C=O) groups excluding carboxylic acids is 1. The maximum atomic E-state index is 11.7. The molecular formula is C15H29NO2. The molecule has 0 aromatic rings. The van der Waals surface area contributed by atoms with Crippen LogP contribution in [0.5, 0.6) is 0 Å². The van der Waals surface area contributed by atoms with E-state index >= 15 is 0 Å². The van der Waals surface area contributed by atoms with Gasteiger partial charge in [-0.2, -0.15) is 0 Å². The fourth-order valence-corrected chi connectivity index (χ4v) is 2.10. The van der Waals surface area contributed by atoms with Gasteiger partial charge in [-0.3, -0.25) is 4.90 Å². The quantitative estimate of drug-likeness (QED) is 0.492. The Morgan fingerprint density at radius 3 is 2.17 bits per heavy atom. The first-order valence-corrected chi connectivity index (χ1v) is 6.97. The number of hydrogen-bond donors (Lipinski definition) is 0. The number of hydrogen-bond acceptors (Lipinski definition) is 3. The summed E-state index contributed by atoms with van der Waals surface area (Å²) in [4.78, 5) is 14.1. The van der Waals surface area contributed by atoms with Gasteiger partial charge in [-0.15, -0.1) is 0 Å². The van der Waals surface area contributed by atoms with Gasteiger partial charge in [0.1, 0.15) is 0 Å². The SMILES string of the molecule is CCCC=C(CCN(C(C)C)C(C)C)C(=O)OC. The van der Waals surface area contributed by atoms with Gasteiger partial charge in [0.15, 0.2) is 0 Å². The van der Waals surface area contributed by atoms with Crippen LogP contribution in [0.2, 0.25) is 0 Å². The van der Waals surface area contributed by atoms with Crippen LogP contribution >= 0.6 is 0 Å². The van der Waals surface area contributed by atoms with Crippen molar-refractivity contribution in [2.75, 3.05) is 13.7 Å². The highest BCUT2D eigenvalue weighted by molar-refractivity contribution is 5.88. The highest BCUT2D eigenvalue weighted by atomic mass is 16.5. The summed E-state index contributed by atoms with van der Waals surface area (Å²) < 4.78 is 4.84. The zero-order chi connectivity index (χ0) is 14.1. The normalized spacial score (nSPS) is 12.6. The predicted molar refractivity (Wildman–Crippen MR) is 76.6 cm³/mol. The molecule has 0 aromatic heterocycles. The van der Waals surface area contributed by atoms with Crippen LogP contribution in [-0.2, 0) is 9.53 Å². The fourth-order valence-electron chi connectivity index (χ4n) is 2.10. The number of methoxy groups -OCH3 is 1. The van der Waals surface area contributed by atoms with Gasteiger partial charge >= 0.3 is 5.97 Å². The van der Waals surface area contributed by atoms with Gasteiger partial charge < -0.3 is 4.74 Å². The summed E-state index contributed by atoms with van der Waals surface area (Å²) in [5.41, 5.74) is 0.811. The van der Waals surface area contributed by atoms with Crippen LogP contribution in [0.1, 0.15) is 53.9 Å². The number of ether oxygens (including phenoxy) is 1. The van der Waals surface area contributed by atoms with Crippen molar-refractivity contribution in [1.82, 2.24) is 4.90 Å². The Bertz CT molecular complexity index is 262. The first-order chi connectivity index (χ1) is 8.43. The van der Waals surface area contributed by atoms with Crippen LogP contribution in [0.15, 0.2) is 11.6 Å². The van der Waals surface area contributed by atoms with Crippen molar-refractivity contribution in [2.45, 2.75) is 66.0 Å². The number of rotatable bonds is 8. The molecule has 0 rings (SSSR count). The van der Waals surface area contributed by atoms with Gasteiger partial charge in [-0.1, -0.05) is 19.4 Å². The van der Waals surface area contributed by atoms with Crippen molar-refractivity contribution in [2.24, 2.45) is 0 Å². The molecule has 0 aliphatic heterocycles. The van der Waals surface area contributed by atoms with Gasteiger partial charge in [0.05, 0.1) is 7.11 Å². The average Bonchev–Trinajstić information content (AvgIpc) is 2.31. The Labute approximate surface area is 112 Å². The van der Waals surface area contributed by atoms with E-state index in [1.54, 1.807) is 0 Å². The molecule has 0 aromatic carbocycles. The van der Waals surface area contributed by atoms with Crippen molar-refractivity contribution in [3.05, 3.63) is 11.6 Å². The maximum absolute atomic E-state index is 11.7. The smallest absolute Gasteiger partial charge is 0.333 e. The van der Waals surface area contributed by atoms with Crippen molar-refractivity contribution in [3.8, 4) is 0 Å². The zero-order valence-corrected chi connectivity index (χ0v) is 12.8. The topological polar surface area (TPSA) is 29.5 Å². The Kier molecular flexibility index (Phi) is 8.73. The predicted octanol–water partition coefficient (Wildman–Crippen LogP) is 3.39. The lowest BCUT2D eigenvalue weighted by Gasteiger charge is -2.30. The maximum Gasteiger partial charge on any atom is 0.333 e. The van der Waals surface area contributed by atoms with E-state index in [9.17, 15) is 4.79 Å². The molecule has 0 saturated heterocycles. The fraction of sp³-hybridized carbons (Fsp3) is 0.800. The van der Waals surface area contributed by atoms with Crippen LogP contribution in [0.3, 0.4) is 0 Å². The molecule has 18 heavy (non-hydrogen) atoms. The molecule has 0 saturated carbocycles. The van der Waals surface area contributed by atoms with Crippen molar-refractivity contribution < 1.29 is 9.53 Å². The second kappa shape index (κ2) is 9.15. The van der Waals surface area contributed by atoms with Crippen LogP contribution < -0.4 is 0 Å². The minimum absolute atomic E-state index is 0.184. The Hall–Kier alpha value is -0.830. The lowest BCUT2D eigenvalue weighted by molar-refractivity contribution is -0.136. The largest absolute Gasteiger partial charge is 0.466 e. The highest BCUT2D eigenvalue weighted by Gasteiger charge is 2.16. The van der Waals surface area contributed by atoms with Crippen LogP contribution in [0, 0.1) is 0 Å². The van der Waals surface area contributed by atoms with Gasteiger partial charge in [-0.25, -0.2) is 4.79 Å². The van der Waals surface area contributed by atoms with Gasteiger partial charge in [0, 0.05) is 24.2 Å². The minimum atomic E-state index is -0.184. The van der Waals surface area contributed by atoms with Crippen LogP contribution in [0.25, 0.3) is 0 Å². The van der Waals surface area contributed by atoms with Gasteiger partial charge in [0.25, 0.3) is 0 Å². The molecule has 0 N–H and O–H groups in total. The molecule has 0 amide bonds. The molecule has 0 bridgehead atoms. The van der Waals surface area contributed by atoms with E-state index in [1.165, 1.54) is 7.11 Å². The van der Waals surface area contributed by atoms with Gasteiger partial charge in [-0.05, 0) is 40.5 Å². The molecule has 0 spiro atoms. The molecule has 3 heteroatoms. The second-order valence-corrected chi connectivity index (χ2v) is 5.18. The third kappa shape index (κ3) is 6.20. The Morgan fingerprint density at radius 2 is 1.78 bits per heavy atom. The van der Waals surface area contributed by atoms with E-state index in [4.69, 9.17) is 4.74 Å². The van der Waals surface area contributed by atoms with Gasteiger partial charge in [0.2, 0.25) is 0 Å². The number of carbonyl (C=O) groups is 1. The summed E-state index contributed by atoms with van der Waals surface area (Å²) in [7, 11) is 1.45. The number of esters is 1. The van der Waals surface area contributed by atoms with Crippen LogP contribution in [0.4, 0.5) is 0 Å². The molecule has 3 nitrogen and oxygen atoms in total. The highest BCUT2D eigenvalue weighted by Crippen LogP contribution is 2.12. The molecule has 0 fully saturated rings. The number of unbranched alkanes of at least 4 members (excludes halogenated alkanes) is 1. The Morgan fingerprint density at radius 1 is 1.22 bits per heavy atom. The third-order valence-corrected chi connectivity index (χ3v) is 3.09. The molecule has 0 aliphatic rings. The molecule has 0 atom stereocenters. The first kappa shape index (κ1) is 17.2.